The standard InChI is InChI=1S/C19H22FN3O5S2/c1-21-29(25,26)18-4-2-3-16(13-18)22-19(24)14-9-11-23(12-10-14)30(27,28)17-7-5-15(20)6-8-17/h2-8,13-14,21H,9-12H2,1H3,(H,22,24). The minimum absolute atomic E-state index is 0.00867. The highest BCUT2D eigenvalue weighted by Crippen LogP contribution is 2.25. The summed E-state index contributed by atoms with van der Waals surface area (Å²) >= 11 is 0. The predicted octanol–water partition coefficient (Wildman–Crippen LogP) is 1.77. The molecule has 1 aliphatic heterocycles. The van der Waals surface area contributed by atoms with E-state index in [1.165, 1.54) is 41.7 Å². The third-order valence-corrected chi connectivity index (χ3v) is 8.28. The van der Waals surface area contributed by atoms with Crippen LogP contribution in [0.25, 0.3) is 0 Å². The Morgan fingerprint density at radius 1 is 1.00 bits per heavy atom. The molecule has 162 valence electrons. The van der Waals surface area contributed by atoms with Crippen LogP contribution in [0.5, 0.6) is 0 Å². The minimum atomic E-state index is -3.75. The van der Waals surface area contributed by atoms with Crippen LogP contribution in [0.1, 0.15) is 12.8 Å². The molecule has 8 nitrogen and oxygen atoms in total. The molecule has 2 aromatic rings. The molecule has 0 spiro atoms. The second-order valence-electron chi connectivity index (χ2n) is 6.86. The van der Waals surface area contributed by atoms with E-state index in [4.69, 9.17) is 0 Å². The lowest BCUT2D eigenvalue weighted by Crippen LogP contribution is -2.41. The van der Waals surface area contributed by atoms with E-state index >= 15 is 0 Å². The maximum atomic E-state index is 13.1. The lowest BCUT2D eigenvalue weighted by atomic mass is 9.97. The van der Waals surface area contributed by atoms with E-state index in [-0.39, 0.29) is 28.8 Å². The van der Waals surface area contributed by atoms with Crippen LogP contribution in [0, 0.1) is 11.7 Å². The van der Waals surface area contributed by atoms with E-state index in [1.807, 2.05) is 0 Å². The van der Waals surface area contributed by atoms with Crippen LogP contribution in [0.4, 0.5) is 10.1 Å². The number of benzene rings is 2. The fourth-order valence-corrected chi connectivity index (χ4v) is 5.46. The SMILES string of the molecule is CNS(=O)(=O)c1cccc(NC(=O)C2CCN(S(=O)(=O)c3ccc(F)cc3)CC2)c1. The zero-order valence-corrected chi connectivity index (χ0v) is 17.8. The van der Waals surface area contributed by atoms with Gasteiger partial charge in [-0.25, -0.2) is 25.9 Å². The van der Waals surface area contributed by atoms with Gasteiger partial charge in [-0.3, -0.25) is 4.79 Å². The summed E-state index contributed by atoms with van der Waals surface area (Å²) in [5, 5.41) is 2.70. The van der Waals surface area contributed by atoms with Crippen LogP contribution in [0.3, 0.4) is 0 Å². The van der Waals surface area contributed by atoms with E-state index in [2.05, 4.69) is 10.0 Å². The molecule has 0 bridgehead atoms. The molecule has 2 aromatic carbocycles. The molecule has 1 amide bonds. The first-order chi connectivity index (χ1) is 14.1. The Kier molecular flexibility index (Phi) is 6.56. The third kappa shape index (κ3) is 4.86. The number of nitrogens with one attached hydrogen (secondary N) is 2. The summed E-state index contributed by atoms with van der Waals surface area (Å²) in [6.45, 7) is 0.317. The smallest absolute Gasteiger partial charge is 0.243 e. The summed E-state index contributed by atoms with van der Waals surface area (Å²) in [7, 11) is -6.08. The molecule has 1 fully saturated rings. The highest BCUT2D eigenvalue weighted by atomic mass is 32.2. The van der Waals surface area contributed by atoms with E-state index < -0.39 is 31.8 Å². The van der Waals surface area contributed by atoms with Gasteiger partial charge in [0.2, 0.25) is 26.0 Å². The van der Waals surface area contributed by atoms with Crippen molar-refractivity contribution in [2.24, 2.45) is 5.92 Å². The number of sulfonamides is 2. The second kappa shape index (κ2) is 8.80. The number of carbonyl (C=O) groups excluding carboxylic acids is 1. The summed E-state index contributed by atoms with van der Waals surface area (Å²) in [5.74, 6) is -1.22. The first-order valence-electron chi connectivity index (χ1n) is 9.24. The molecular formula is C19H22FN3O5S2. The number of anilines is 1. The summed E-state index contributed by atoms with van der Waals surface area (Å²) in [6, 6.07) is 10.5. The molecule has 30 heavy (non-hydrogen) atoms. The maximum Gasteiger partial charge on any atom is 0.243 e. The lowest BCUT2D eigenvalue weighted by Gasteiger charge is -2.30. The maximum absolute atomic E-state index is 13.1. The van der Waals surface area contributed by atoms with Gasteiger partial charge in [-0.1, -0.05) is 6.07 Å². The summed E-state index contributed by atoms with van der Waals surface area (Å²) in [5.41, 5.74) is 0.345. The van der Waals surface area contributed by atoms with Gasteiger partial charge in [0.15, 0.2) is 0 Å². The normalized spacial score (nSPS) is 16.3. The van der Waals surface area contributed by atoms with Crippen molar-refractivity contribution in [3.8, 4) is 0 Å². The van der Waals surface area contributed by atoms with Gasteiger partial charge in [0.1, 0.15) is 5.82 Å². The summed E-state index contributed by atoms with van der Waals surface area (Å²) < 4.78 is 65.7. The second-order valence-corrected chi connectivity index (χ2v) is 10.7. The number of hydrogen-bond acceptors (Lipinski definition) is 5. The molecule has 0 unspecified atom stereocenters. The topological polar surface area (TPSA) is 113 Å². The number of amides is 1. The molecule has 1 saturated heterocycles. The van der Waals surface area contributed by atoms with Crippen LogP contribution in [-0.2, 0) is 24.8 Å². The average molecular weight is 456 g/mol. The Morgan fingerprint density at radius 3 is 2.23 bits per heavy atom. The van der Waals surface area contributed by atoms with Gasteiger partial charge in [0.25, 0.3) is 0 Å². The van der Waals surface area contributed by atoms with Crippen molar-refractivity contribution >= 4 is 31.6 Å². The number of hydrogen-bond donors (Lipinski definition) is 2. The van der Waals surface area contributed by atoms with Crippen molar-refractivity contribution in [2.45, 2.75) is 22.6 Å². The van der Waals surface area contributed by atoms with Crippen molar-refractivity contribution in [3.63, 3.8) is 0 Å². The molecule has 1 aliphatic rings. The first-order valence-corrected chi connectivity index (χ1v) is 12.2. The molecule has 0 aliphatic carbocycles. The fourth-order valence-electron chi connectivity index (χ4n) is 3.22. The van der Waals surface area contributed by atoms with Gasteiger partial charge >= 0.3 is 0 Å². The number of carbonyl (C=O) groups is 1. The molecule has 3 rings (SSSR count). The Hall–Kier alpha value is -2.34. The molecule has 11 heteroatoms. The average Bonchev–Trinajstić information content (AvgIpc) is 2.74. The van der Waals surface area contributed by atoms with E-state index in [9.17, 15) is 26.0 Å². The molecule has 0 saturated carbocycles. The van der Waals surface area contributed by atoms with Gasteiger partial charge in [-0.15, -0.1) is 0 Å². The number of halogens is 1. The van der Waals surface area contributed by atoms with Crippen molar-refractivity contribution in [3.05, 3.63) is 54.3 Å². The molecule has 2 N–H and O–H groups in total. The van der Waals surface area contributed by atoms with E-state index in [0.29, 0.717) is 18.5 Å². The molecule has 0 radical (unpaired) electrons. The Balaban J connectivity index is 1.63. The monoisotopic (exact) mass is 455 g/mol. The minimum Gasteiger partial charge on any atom is -0.326 e. The molecule has 1 heterocycles. The summed E-state index contributed by atoms with van der Waals surface area (Å²) in [4.78, 5) is 12.6. The summed E-state index contributed by atoms with van der Waals surface area (Å²) in [6.07, 6.45) is 0.640. The van der Waals surface area contributed by atoms with Gasteiger partial charge in [0, 0.05) is 24.7 Å². The lowest BCUT2D eigenvalue weighted by molar-refractivity contribution is -0.120. The van der Waals surface area contributed by atoms with Gasteiger partial charge in [-0.05, 0) is 62.4 Å². The third-order valence-electron chi connectivity index (χ3n) is 4.96. The molecular weight excluding hydrogens is 433 g/mol. The van der Waals surface area contributed by atoms with Crippen molar-refractivity contribution in [1.29, 1.82) is 0 Å². The van der Waals surface area contributed by atoms with Crippen LogP contribution in [-0.4, -0.2) is 47.2 Å². The van der Waals surface area contributed by atoms with Crippen LogP contribution >= 0.6 is 0 Å². The number of piperidine rings is 1. The van der Waals surface area contributed by atoms with E-state index in [1.54, 1.807) is 6.07 Å². The quantitative estimate of drug-likeness (QED) is 0.689. The molecule has 0 atom stereocenters. The zero-order valence-electron chi connectivity index (χ0n) is 16.2. The zero-order chi connectivity index (χ0) is 21.9. The van der Waals surface area contributed by atoms with Gasteiger partial charge in [-0.2, -0.15) is 4.31 Å². The Labute approximate surface area is 175 Å². The van der Waals surface area contributed by atoms with Gasteiger partial charge in [0.05, 0.1) is 9.79 Å². The molecule has 0 aromatic heterocycles. The largest absolute Gasteiger partial charge is 0.326 e. The van der Waals surface area contributed by atoms with Crippen LogP contribution < -0.4 is 10.0 Å². The number of rotatable bonds is 6. The van der Waals surface area contributed by atoms with Crippen LogP contribution in [0.15, 0.2) is 58.3 Å². The van der Waals surface area contributed by atoms with Crippen molar-refractivity contribution < 1.29 is 26.0 Å². The van der Waals surface area contributed by atoms with Crippen LogP contribution in [0.2, 0.25) is 0 Å². The highest BCUT2D eigenvalue weighted by molar-refractivity contribution is 7.89. The Morgan fingerprint density at radius 2 is 1.63 bits per heavy atom. The van der Waals surface area contributed by atoms with E-state index in [0.717, 1.165) is 12.1 Å². The van der Waals surface area contributed by atoms with Crippen molar-refractivity contribution in [1.82, 2.24) is 9.03 Å². The van der Waals surface area contributed by atoms with Gasteiger partial charge < -0.3 is 5.32 Å². The fraction of sp³-hybridized carbons (Fsp3) is 0.316. The first kappa shape index (κ1) is 22.3. The predicted molar refractivity (Wildman–Crippen MR) is 109 cm³/mol. The number of nitrogens with zero attached hydrogens (tertiary/aromatic N) is 1. The van der Waals surface area contributed by atoms with Crippen molar-refractivity contribution in [2.75, 3.05) is 25.5 Å². The highest BCUT2D eigenvalue weighted by Gasteiger charge is 2.32. The Bertz CT molecular complexity index is 1130.